The van der Waals surface area contributed by atoms with Crippen LogP contribution in [0.4, 0.5) is 0 Å². The van der Waals surface area contributed by atoms with Crippen LogP contribution in [-0.2, 0) is 14.8 Å². The molecular formula is C26H28N2O3S. The molecule has 1 heterocycles. The average molecular weight is 449 g/mol. The third-order valence-electron chi connectivity index (χ3n) is 5.95. The van der Waals surface area contributed by atoms with Crippen molar-refractivity contribution >= 4 is 32.8 Å². The van der Waals surface area contributed by atoms with Gasteiger partial charge in [-0.15, -0.1) is 0 Å². The lowest BCUT2D eigenvalue weighted by molar-refractivity contribution is -0.127. The van der Waals surface area contributed by atoms with E-state index in [-0.39, 0.29) is 16.7 Å². The average Bonchev–Trinajstić information content (AvgIpc) is 2.82. The first-order chi connectivity index (χ1) is 15.4. The van der Waals surface area contributed by atoms with E-state index < -0.39 is 10.0 Å². The number of carbonyl (C=O) groups is 1. The Bertz CT molecular complexity index is 1230. The second kappa shape index (κ2) is 9.67. The monoisotopic (exact) mass is 448 g/mol. The Balaban J connectivity index is 1.37. The normalized spacial score (nSPS) is 17.2. The minimum Gasteiger partial charge on any atom is -0.339 e. The molecule has 4 rings (SSSR count). The lowest BCUT2D eigenvalue weighted by Crippen LogP contribution is -2.43. The van der Waals surface area contributed by atoms with Gasteiger partial charge in [0.25, 0.3) is 0 Å². The molecule has 0 aromatic heterocycles. The van der Waals surface area contributed by atoms with Gasteiger partial charge in [0.2, 0.25) is 15.9 Å². The SMILES string of the molecule is Cc1ccc(S(=O)(=O)NC[C@H]2CCCN(C(=O)/C=C/c3cccc4ccccc34)C2)cc1. The summed E-state index contributed by atoms with van der Waals surface area (Å²) < 4.78 is 27.8. The topological polar surface area (TPSA) is 66.5 Å². The Morgan fingerprint density at radius 1 is 1.06 bits per heavy atom. The summed E-state index contributed by atoms with van der Waals surface area (Å²) in [4.78, 5) is 14.9. The number of amides is 1. The summed E-state index contributed by atoms with van der Waals surface area (Å²) >= 11 is 0. The van der Waals surface area contributed by atoms with E-state index in [9.17, 15) is 13.2 Å². The molecule has 0 saturated carbocycles. The molecule has 3 aromatic carbocycles. The van der Waals surface area contributed by atoms with Gasteiger partial charge in [-0.3, -0.25) is 4.79 Å². The Kier molecular flexibility index (Phi) is 6.72. The second-order valence-electron chi connectivity index (χ2n) is 8.36. The maximum absolute atomic E-state index is 12.8. The number of nitrogens with one attached hydrogen (secondary N) is 1. The van der Waals surface area contributed by atoms with E-state index in [0.717, 1.165) is 34.7 Å². The smallest absolute Gasteiger partial charge is 0.246 e. The first kappa shape index (κ1) is 22.2. The highest BCUT2D eigenvalue weighted by atomic mass is 32.2. The molecule has 1 atom stereocenters. The Labute approximate surface area is 189 Å². The number of benzene rings is 3. The fourth-order valence-corrected chi connectivity index (χ4v) is 5.24. The lowest BCUT2D eigenvalue weighted by atomic mass is 9.98. The van der Waals surface area contributed by atoms with Crippen LogP contribution in [0.15, 0.2) is 77.7 Å². The van der Waals surface area contributed by atoms with Gasteiger partial charge in [-0.25, -0.2) is 13.1 Å². The Morgan fingerprint density at radius 2 is 1.81 bits per heavy atom. The first-order valence-corrected chi connectivity index (χ1v) is 12.4. The van der Waals surface area contributed by atoms with Crippen LogP contribution >= 0.6 is 0 Å². The predicted molar refractivity (Wildman–Crippen MR) is 129 cm³/mol. The zero-order valence-corrected chi connectivity index (χ0v) is 19.0. The zero-order chi connectivity index (χ0) is 22.6. The number of hydrogen-bond acceptors (Lipinski definition) is 3. The third kappa shape index (κ3) is 5.26. The molecule has 1 fully saturated rings. The molecule has 0 unspecified atom stereocenters. The fourth-order valence-electron chi connectivity index (χ4n) is 4.12. The summed E-state index contributed by atoms with van der Waals surface area (Å²) in [5.74, 6) is 0.0582. The molecule has 1 aliphatic rings. The maximum atomic E-state index is 12.8. The molecule has 32 heavy (non-hydrogen) atoms. The molecule has 1 amide bonds. The van der Waals surface area contributed by atoms with Gasteiger partial charge in [0.1, 0.15) is 0 Å². The minimum absolute atomic E-state index is 0.0379. The number of hydrogen-bond donors (Lipinski definition) is 1. The second-order valence-corrected chi connectivity index (χ2v) is 10.1. The van der Waals surface area contributed by atoms with Gasteiger partial charge >= 0.3 is 0 Å². The van der Waals surface area contributed by atoms with Gasteiger partial charge in [0.15, 0.2) is 0 Å². The van der Waals surface area contributed by atoms with Gasteiger partial charge in [-0.2, -0.15) is 0 Å². The number of sulfonamides is 1. The molecule has 0 radical (unpaired) electrons. The van der Waals surface area contributed by atoms with Crippen molar-refractivity contribution in [1.82, 2.24) is 9.62 Å². The summed E-state index contributed by atoms with van der Waals surface area (Å²) in [7, 11) is -3.55. The Morgan fingerprint density at radius 3 is 2.62 bits per heavy atom. The van der Waals surface area contributed by atoms with Crippen molar-refractivity contribution < 1.29 is 13.2 Å². The van der Waals surface area contributed by atoms with Crippen molar-refractivity contribution in [3.63, 3.8) is 0 Å². The maximum Gasteiger partial charge on any atom is 0.246 e. The van der Waals surface area contributed by atoms with Crippen LogP contribution < -0.4 is 4.72 Å². The number of piperidine rings is 1. The first-order valence-electron chi connectivity index (χ1n) is 10.9. The largest absolute Gasteiger partial charge is 0.339 e. The van der Waals surface area contributed by atoms with E-state index in [1.165, 1.54) is 0 Å². The zero-order valence-electron chi connectivity index (χ0n) is 18.2. The van der Waals surface area contributed by atoms with E-state index >= 15 is 0 Å². The van der Waals surface area contributed by atoms with Crippen LogP contribution in [0, 0.1) is 12.8 Å². The molecule has 1 saturated heterocycles. The molecular weight excluding hydrogens is 420 g/mol. The molecule has 0 bridgehead atoms. The number of nitrogens with zero attached hydrogens (tertiary/aromatic N) is 1. The lowest BCUT2D eigenvalue weighted by Gasteiger charge is -2.32. The van der Waals surface area contributed by atoms with Crippen molar-refractivity contribution in [3.05, 3.63) is 83.9 Å². The summed E-state index contributed by atoms with van der Waals surface area (Å²) in [6, 6.07) is 21.0. The number of aryl methyl sites for hydroxylation is 1. The molecule has 0 aliphatic carbocycles. The van der Waals surface area contributed by atoms with Crippen molar-refractivity contribution in [1.29, 1.82) is 0 Å². The molecule has 6 heteroatoms. The van der Waals surface area contributed by atoms with Crippen molar-refractivity contribution in [3.8, 4) is 0 Å². The number of carbonyl (C=O) groups excluding carboxylic acids is 1. The number of fused-ring (bicyclic) bond motifs is 1. The van der Waals surface area contributed by atoms with E-state index in [1.54, 1.807) is 30.3 Å². The van der Waals surface area contributed by atoms with E-state index in [2.05, 4.69) is 22.9 Å². The van der Waals surface area contributed by atoms with E-state index in [4.69, 9.17) is 0 Å². The van der Waals surface area contributed by atoms with Crippen LogP contribution in [0.3, 0.4) is 0 Å². The molecule has 3 aromatic rings. The predicted octanol–water partition coefficient (Wildman–Crippen LogP) is 4.38. The molecule has 1 N–H and O–H groups in total. The van der Waals surface area contributed by atoms with Gasteiger partial charge in [-0.1, -0.05) is 60.2 Å². The molecule has 166 valence electrons. The highest BCUT2D eigenvalue weighted by Crippen LogP contribution is 2.21. The van der Waals surface area contributed by atoms with Crippen LogP contribution in [0.1, 0.15) is 24.0 Å². The quantitative estimate of drug-likeness (QED) is 0.569. The molecule has 5 nitrogen and oxygen atoms in total. The van der Waals surface area contributed by atoms with Crippen molar-refractivity contribution in [2.45, 2.75) is 24.7 Å². The molecule has 1 aliphatic heterocycles. The summed E-state index contributed by atoms with van der Waals surface area (Å²) in [6.07, 6.45) is 5.26. The van der Waals surface area contributed by atoms with Crippen LogP contribution in [0.25, 0.3) is 16.8 Å². The minimum atomic E-state index is -3.55. The highest BCUT2D eigenvalue weighted by Gasteiger charge is 2.24. The number of rotatable bonds is 6. The van der Waals surface area contributed by atoms with Gasteiger partial charge in [-0.05, 0) is 60.2 Å². The standard InChI is InChI=1S/C26H28N2O3S/c1-20-11-14-24(15-12-20)32(30,31)27-18-21-6-5-17-28(19-21)26(29)16-13-23-9-4-8-22-7-2-3-10-25(22)23/h2-4,7-16,21,27H,5-6,17-19H2,1H3/b16-13+/t21-/m1/s1. The van der Waals surface area contributed by atoms with Gasteiger partial charge < -0.3 is 4.90 Å². The fraction of sp³-hybridized carbons (Fsp3) is 0.269. The van der Waals surface area contributed by atoms with Crippen molar-refractivity contribution in [2.24, 2.45) is 5.92 Å². The van der Waals surface area contributed by atoms with E-state index in [1.807, 2.05) is 42.2 Å². The number of likely N-dealkylation sites (tertiary alicyclic amines) is 1. The van der Waals surface area contributed by atoms with Gasteiger partial charge in [0, 0.05) is 25.7 Å². The van der Waals surface area contributed by atoms with E-state index in [0.29, 0.717) is 19.6 Å². The van der Waals surface area contributed by atoms with Gasteiger partial charge in [0.05, 0.1) is 4.90 Å². The van der Waals surface area contributed by atoms with Crippen molar-refractivity contribution in [2.75, 3.05) is 19.6 Å². The summed E-state index contributed by atoms with van der Waals surface area (Å²) in [6.45, 7) is 3.49. The summed E-state index contributed by atoms with van der Waals surface area (Å²) in [5, 5.41) is 2.25. The summed E-state index contributed by atoms with van der Waals surface area (Å²) in [5.41, 5.74) is 2.03. The van der Waals surface area contributed by atoms with Crippen LogP contribution in [0.2, 0.25) is 0 Å². The Hall–Kier alpha value is -2.96. The molecule has 0 spiro atoms. The van der Waals surface area contributed by atoms with Crippen LogP contribution in [-0.4, -0.2) is 38.9 Å². The highest BCUT2D eigenvalue weighted by molar-refractivity contribution is 7.89. The third-order valence-corrected chi connectivity index (χ3v) is 7.39. The van der Waals surface area contributed by atoms with Crippen LogP contribution in [0.5, 0.6) is 0 Å².